The average Bonchev–Trinajstić information content (AvgIpc) is 3.66. The molecular formula is C51H64FN5O5. The summed E-state index contributed by atoms with van der Waals surface area (Å²) < 4.78 is 20.3. The van der Waals surface area contributed by atoms with E-state index in [0.717, 1.165) is 73.3 Å². The monoisotopic (exact) mass is 845 g/mol. The van der Waals surface area contributed by atoms with Gasteiger partial charge >= 0.3 is 0 Å². The Hall–Kier alpha value is -5.42. The minimum atomic E-state index is -0.138. The Kier molecular flexibility index (Phi) is 15.2. The molecule has 1 spiro atoms. The van der Waals surface area contributed by atoms with E-state index in [0.29, 0.717) is 49.6 Å². The SMILES string of the molecule is CC.O=C1CCCC(=O)N1.O=C1NCc2cc3c(cc21)OCC1CN(CC2CCC4(CC2)CN(c2ccccc2F)C4)CCN31.Oc1ccc2c(c1)CCCC2.c1ccccc1. The van der Waals surface area contributed by atoms with Gasteiger partial charge in [0.25, 0.3) is 5.91 Å². The number of benzene rings is 4. The van der Waals surface area contributed by atoms with Crippen LogP contribution >= 0.6 is 0 Å². The Morgan fingerprint density at radius 3 is 2.10 bits per heavy atom. The van der Waals surface area contributed by atoms with Crippen LogP contribution in [0.15, 0.2) is 91.0 Å². The molecule has 4 aromatic rings. The number of phenolic OH excluding ortho intramolecular Hbond substituents is 1. The number of hydrogen-bond acceptors (Lipinski definition) is 8. The van der Waals surface area contributed by atoms with Gasteiger partial charge in [0.05, 0.1) is 17.4 Å². The van der Waals surface area contributed by atoms with Crippen LogP contribution in [0.1, 0.15) is 98.7 Å². The Balaban J connectivity index is 0.000000172. The first-order valence-electron chi connectivity index (χ1n) is 22.9. The predicted molar refractivity (Wildman–Crippen MR) is 243 cm³/mol. The topological polar surface area (TPSA) is 114 Å². The van der Waals surface area contributed by atoms with Crippen molar-refractivity contribution in [1.82, 2.24) is 15.5 Å². The number of nitrogens with one attached hydrogen (secondary N) is 2. The number of imide groups is 1. The zero-order chi connectivity index (χ0) is 43.5. The van der Waals surface area contributed by atoms with Crippen molar-refractivity contribution in [3.05, 3.63) is 119 Å². The Morgan fingerprint density at radius 1 is 0.758 bits per heavy atom. The molecule has 5 heterocycles. The molecule has 11 heteroatoms. The lowest BCUT2D eigenvalue weighted by Gasteiger charge is -2.55. The summed E-state index contributed by atoms with van der Waals surface area (Å²) in [7, 11) is 0. The van der Waals surface area contributed by atoms with Crippen molar-refractivity contribution < 1.29 is 28.6 Å². The number of phenols is 1. The molecule has 0 bridgehead atoms. The van der Waals surface area contributed by atoms with Crippen molar-refractivity contribution in [2.45, 2.75) is 97.1 Å². The predicted octanol–water partition coefficient (Wildman–Crippen LogP) is 8.45. The third-order valence-corrected chi connectivity index (χ3v) is 13.2. The Bertz CT molecular complexity index is 2090. The minimum Gasteiger partial charge on any atom is -0.508 e. The minimum absolute atomic E-state index is 0.00874. The van der Waals surface area contributed by atoms with E-state index in [1.54, 1.807) is 18.2 Å². The number of aromatic hydroxyl groups is 1. The summed E-state index contributed by atoms with van der Waals surface area (Å²) in [5.41, 5.74) is 6.93. The standard InChI is InChI=1S/C28H33FN4O2.C10H12O.C6H6.C5H7NO2.C2H6/c29-23-3-1-2-4-24(23)32-17-28(18-32)7-5-19(6-8-28)14-31-9-10-33-21(15-31)16-35-26-12-22-20(11-25(26)33)13-30-27(22)34;11-10-6-5-8-3-1-2-4-9(8)7-10;1-2-4-6-5-3-1;7-4-2-1-3-5(8)6-4;1-2/h1-4,11-12,19,21H,5-10,13-18H2,(H,30,34);5-7,11H,1-4H2;1-6H;1-3H2,(H,6,7,8);1-2H3. The summed E-state index contributed by atoms with van der Waals surface area (Å²) in [6, 6.07) is 29.4. The molecule has 62 heavy (non-hydrogen) atoms. The molecule has 7 aliphatic rings. The number of ether oxygens (including phenoxy) is 1. The number of hydrogen-bond donors (Lipinski definition) is 3. The number of piperazine rings is 1. The summed E-state index contributed by atoms with van der Waals surface area (Å²) >= 11 is 0. The average molecular weight is 846 g/mol. The quantitative estimate of drug-likeness (QED) is 0.176. The van der Waals surface area contributed by atoms with E-state index in [-0.39, 0.29) is 23.5 Å². The number of nitrogens with zero attached hydrogens (tertiary/aromatic N) is 3. The largest absolute Gasteiger partial charge is 0.508 e. The fraction of sp³-hybridized carbons (Fsp3) is 0.471. The number of fused-ring (bicyclic) bond motifs is 5. The van der Waals surface area contributed by atoms with E-state index in [2.05, 4.69) is 31.4 Å². The molecule has 11 rings (SSSR count). The van der Waals surface area contributed by atoms with Gasteiger partial charge in [-0.25, -0.2) is 4.39 Å². The first-order valence-corrected chi connectivity index (χ1v) is 22.9. The number of amides is 3. The molecule has 0 radical (unpaired) electrons. The summed E-state index contributed by atoms with van der Waals surface area (Å²) in [5.74, 6) is 1.65. The zero-order valence-corrected chi connectivity index (χ0v) is 36.5. The van der Waals surface area contributed by atoms with Gasteiger partial charge in [0.15, 0.2) is 0 Å². The van der Waals surface area contributed by atoms with Crippen molar-refractivity contribution in [2.75, 3.05) is 55.7 Å². The number of anilines is 2. The van der Waals surface area contributed by atoms with Crippen LogP contribution in [0.4, 0.5) is 15.8 Å². The zero-order valence-electron chi connectivity index (χ0n) is 36.5. The molecule has 10 nitrogen and oxygen atoms in total. The highest BCUT2D eigenvalue weighted by Gasteiger charge is 2.46. The molecule has 3 amide bonds. The van der Waals surface area contributed by atoms with Crippen molar-refractivity contribution in [3.8, 4) is 11.5 Å². The molecular weight excluding hydrogens is 782 g/mol. The summed E-state index contributed by atoms with van der Waals surface area (Å²) in [4.78, 5) is 40.1. The molecule has 4 aromatic carbocycles. The Morgan fingerprint density at radius 2 is 1.44 bits per heavy atom. The molecule has 1 saturated carbocycles. The van der Waals surface area contributed by atoms with Gasteiger partial charge in [0.2, 0.25) is 11.8 Å². The van der Waals surface area contributed by atoms with E-state index in [4.69, 9.17) is 4.74 Å². The third-order valence-electron chi connectivity index (χ3n) is 13.2. The van der Waals surface area contributed by atoms with Crippen LogP contribution in [-0.2, 0) is 29.0 Å². The number of halogens is 1. The first-order chi connectivity index (χ1) is 30.2. The second-order valence-electron chi connectivity index (χ2n) is 17.5. The number of carbonyl (C=O) groups is 3. The maximum Gasteiger partial charge on any atom is 0.252 e. The van der Waals surface area contributed by atoms with Crippen LogP contribution in [0, 0.1) is 17.2 Å². The molecule has 1 atom stereocenters. The highest BCUT2D eigenvalue weighted by atomic mass is 19.1. The second-order valence-corrected chi connectivity index (χ2v) is 17.5. The van der Waals surface area contributed by atoms with Crippen LogP contribution < -0.4 is 25.2 Å². The normalized spacial score (nSPS) is 20.7. The van der Waals surface area contributed by atoms with Crippen LogP contribution in [0.3, 0.4) is 0 Å². The van der Waals surface area contributed by atoms with Crippen LogP contribution in [0.5, 0.6) is 11.5 Å². The van der Waals surface area contributed by atoms with Gasteiger partial charge in [-0.2, -0.15) is 0 Å². The molecule has 3 saturated heterocycles. The summed E-state index contributed by atoms with van der Waals surface area (Å²) in [5, 5.41) is 14.3. The smallest absolute Gasteiger partial charge is 0.252 e. The first kappa shape index (κ1) is 44.6. The highest BCUT2D eigenvalue weighted by molar-refractivity contribution is 5.99. The molecule has 5 aliphatic heterocycles. The lowest BCUT2D eigenvalue weighted by molar-refractivity contribution is -0.132. The molecule has 0 aromatic heterocycles. The van der Waals surface area contributed by atoms with Gasteiger partial charge in [-0.15, -0.1) is 0 Å². The molecule has 3 N–H and O–H groups in total. The van der Waals surface area contributed by atoms with Gasteiger partial charge in [0, 0.05) is 69.6 Å². The van der Waals surface area contributed by atoms with Crippen LogP contribution in [0.2, 0.25) is 0 Å². The van der Waals surface area contributed by atoms with Gasteiger partial charge in [-0.3, -0.25) is 24.6 Å². The molecule has 2 aliphatic carbocycles. The van der Waals surface area contributed by atoms with Crippen molar-refractivity contribution >= 4 is 29.1 Å². The lowest BCUT2D eigenvalue weighted by atomic mass is 9.65. The number of aryl methyl sites for hydroxylation is 2. The van der Waals surface area contributed by atoms with Gasteiger partial charge < -0.3 is 25.0 Å². The third kappa shape index (κ3) is 11.1. The van der Waals surface area contributed by atoms with Crippen molar-refractivity contribution in [1.29, 1.82) is 0 Å². The lowest BCUT2D eigenvalue weighted by Crippen LogP contribution is -2.59. The fourth-order valence-corrected chi connectivity index (χ4v) is 9.90. The van der Waals surface area contributed by atoms with Crippen LogP contribution in [0.25, 0.3) is 0 Å². The van der Waals surface area contributed by atoms with E-state index in [1.165, 1.54) is 62.6 Å². The second kappa shape index (κ2) is 21.1. The van der Waals surface area contributed by atoms with E-state index in [9.17, 15) is 23.9 Å². The van der Waals surface area contributed by atoms with Crippen molar-refractivity contribution in [3.63, 3.8) is 0 Å². The number of piperidine rings is 1. The number of carbonyl (C=O) groups excluding carboxylic acids is 3. The fourth-order valence-electron chi connectivity index (χ4n) is 9.90. The van der Waals surface area contributed by atoms with E-state index in [1.807, 2.05) is 80.6 Å². The molecule has 4 fully saturated rings. The van der Waals surface area contributed by atoms with E-state index < -0.39 is 0 Å². The van der Waals surface area contributed by atoms with Crippen LogP contribution in [-0.4, -0.2) is 79.6 Å². The van der Waals surface area contributed by atoms with Crippen molar-refractivity contribution in [2.24, 2.45) is 11.3 Å². The maximum absolute atomic E-state index is 14.1. The molecule has 330 valence electrons. The molecule has 1 unspecified atom stereocenters. The van der Waals surface area contributed by atoms with Gasteiger partial charge in [0.1, 0.15) is 23.9 Å². The van der Waals surface area contributed by atoms with E-state index >= 15 is 0 Å². The van der Waals surface area contributed by atoms with Gasteiger partial charge in [-0.05, 0) is 117 Å². The highest BCUT2D eigenvalue weighted by Crippen LogP contribution is 2.48. The summed E-state index contributed by atoms with van der Waals surface area (Å²) in [6.45, 7) is 11.6. The Labute approximate surface area is 366 Å². The summed E-state index contributed by atoms with van der Waals surface area (Å²) in [6.07, 6.45) is 11.7. The number of rotatable bonds is 3. The maximum atomic E-state index is 14.1. The van der Waals surface area contributed by atoms with Gasteiger partial charge in [-0.1, -0.05) is 68.4 Å². The number of para-hydroxylation sites is 1.